The van der Waals surface area contributed by atoms with E-state index in [0.717, 1.165) is 5.57 Å². The van der Waals surface area contributed by atoms with Crippen molar-refractivity contribution in [1.82, 2.24) is 0 Å². The number of carbonyl (C=O) groups excluding carboxylic acids is 5. The second kappa shape index (κ2) is 17.7. The number of carboxylic acids is 1. The third kappa shape index (κ3) is 8.67. The van der Waals surface area contributed by atoms with Crippen molar-refractivity contribution in [2.75, 3.05) is 19.8 Å². The van der Waals surface area contributed by atoms with E-state index in [2.05, 4.69) is 9.68 Å². The number of nitrogens with zero attached hydrogens (tertiary/aromatic N) is 2. The maximum Gasteiger partial charge on any atom is 0.345 e. The SMILES string of the molecule is C[C@H]1CC2C3CC=C4CC(=O)C=C[C@]4(C)[C@@]3(Cl)[C@@H](O)C[C@]2(C)[C@@]1(OC(=O)CCCO[N+](=O)[O-])C(=O)COC(=O)CC(OC(=O)CCCCCO[N+](=O)[O-])C(=O)O. The van der Waals surface area contributed by atoms with Crippen LogP contribution in [-0.2, 0) is 52.7 Å². The summed E-state index contributed by atoms with van der Waals surface area (Å²) in [5, 5.41) is 40.5. The summed E-state index contributed by atoms with van der Waals surface area (Å²) >= 11 is 7.53. The van der Waals surface area contributed by atoms with Gasteiger partial charge in [0.15, 0.2) is 18.0 Å². The molecule has 0 radical (unpaired) electrons. The van der Waals surface area contributed by atoms with Crippen molar-refractivity contribution in [1.29, 1.82) is 0 Å². The third-order valence-electron chi connectivity index (χ3n) is 12.0. The Kier molecular flexibility index (Phi) is 13.9. The highest BCUT2D eigenvalue weighted by Gasteiger charge is 2.76. The van der Waals surface area contributed by atoms with Gasteiger partial charge in [-0.3, -0.25) is 24.0 Å². The number of rotatable bonds is 20. The number of carbonyl (C=O) groups is 6. The Morgan fingerprint density at radius 1 is 0.964 bits per heavy atom. The number of hydrogen-bond donors (Lipinski definition) is 2. The molecule has 20 heteroatoms. The standard InChI is InChI=1S/C36H47ClN2O17/c1-21-16-25-24-11-10-22-17-23(40)12-13-33(22,2)35(24,37)27(41)19-34(25,3)36(21,56-30(44)9-7-15-54-39(50)51)28(42)20-52-31(45)18-26(32(46)47)55-29(43)8-5-4-6-14-53-38(48)49/h10,12-13,21,24-27,41H,4-9,11,14-20H2,1-3H3,(H,46,47)/t21-,24?,25?,26?,27-,33-,34-,35-,36-/m0/s1. The normalized spacial score (nSPS) is 32.0. The zero-order chi connectivity index (χ0) is 41.6. The summed E-state index contributed by atoms with van der Waals surface area (Å²) in [6, 6.07) is 0. The molecule has 9 atom stereocenters. The maximum absolute atomic E-state index is 14.5. The zero-order valence-corrected chi connectivity index (χ0v) is 32.1. The van der Waals surface area contributed by atoms with E-state index in [-0.39, 0.29) is 63.8 Å². The number of aliphatic carboxylic acids is 1. The van der Waals surface area contributed by atoms with Crippen molar-refractivity contribution in [3.05, 3.63) is 44.0 Å². The first kappa shape index (κ1) is 44.1. The van der Waals surface area contributed by atoms with E-state index in [9.17, 15) is 59.2 Å². The minimum atomic E-state index is -2.02. The summed E-state index contributed by atoms with van der Waals surface area (Å²) in [6.45, 7) is 3.62. The third-order valence-corrected chi connectivity index (χ3v) is 13.0. The van der Waals surface area contributed by atoms with Crippen LogP contribution >= 0.6 is 11.6 Å². The maximum atomic E-state index is 14.5. The number of alkyl halides is 1. The second-order valence-electron chi connectivity index (χ2n) is 15.2. The van der Waals surface area contributed by atoms with Gasteiger partial charge in [-0.1, -0.05) is 44.9 Å². The van der Waals surface area contributed by atoms with Crippen LogP contribution in [0, 0.1) is 48.8 Å². The van der Waals surface area contributed by atoms with Crippen molar-refractivity contribution >= 4 is 47.0 Å². The van der Waals surface area contributed by atoms with Gasteiger partial charge in [-0.15, -0.1) is 31.8 Å². The summed E-state index contributed by atoms with van der Waals surface area (Å²) in [4.78, 5) is 105. The van der Waals surface area contributed by atoms with Gasteiger partial charge in [-0.05, 0) is 56.4 Å². The number of unbranched alkanes of at least 4 members (excludes halogenated alkanes) is 2. The molecule has 0 bridgehead atoms. The van der Waals surface area contributed by atoms with Gasteiger partial charge in [0.25, 0.3) is 10.2 Å². The molecule has 3 unspecified atom stereocenters. The Hall–Kier alpha value is -4.65. The second-order valence-corrected chi connectivity index (χ2v) is 15.9. The molecule has 0 saturated heterocycles. The molecule has 0 amide bonds. The highest BCUT2D eigenvalue weighted by molar-refractivity contribution is 6.26. The molecule has 0 spiro atoms. The summed E-state index contributed by atoms with van der Waals surface area (Å²) in [7, 11) is 0. The number of aliphatic hydroxyl groups is 1. The Morgan fingerprint density at radius 2 is 1.61 bits per heavy atom. The van der Waals surface area contributed by atoms with E-state index in [4.69, 9.17) is 25.8 Å². The smallest absolute Gasteiger partial charge is 0.345 e. The van der Waals surface area contributed by atoms with E-state index in [1.165, 1.54) is 6.08 Å². The lowest BCUT2D eigenvalue weighted by Crippen LogP contribution is -2.69. The van der Waals surface area contributed by atoms with Gasteiger partial charge in [0, 0.05) is 36.0 Å². The Bertz CT molecular complexity index is 1670. The van der Waals surface area contributed by atoms with Gasteiger partial charge in [0.2, 0.25) is 11.9 Å². The molecular weight excluding hydrogens is 768 g/mol. The molecular formula is C36H47ClN2O17. The van der Waals surface area contributed by atoms with Crippen LogP contribution in [0.5, 0.6) is 0 Å². The lowest BCUT2D eigenvalue weighted by molar-refractivity contribution is -0.757. The molecule has 0 aliphatic heterocycles. The van der Waals surface area contributed by atoms with E-state index in [0.29, 0.717) is 12.8 Å². The fourth-order valence-electron chi connectivity index (χ4n) is 9.44. The summed E-state index contributed by atoms with van der Waals surface area (Å²) in [6.07, 6.45) is 1.48. The molecule has 0 heterocycles. The number of esters is 3. The molecule has 4 aliphatic carbocycles. The predicted molar refractivity (Wildman–Crippen MR) is 188 cm³/mol. The van der Waals surface area contributed by atoms with Crippen molar-refractivity contribution in [3.8, 4) is 0 Å². The van der Waals surface area contributed by atoms with E-state index in [1.807, 2.05) is 13.0 Å². The van der Waals surface area contributed by atoms with Crippen LogP contribution < -0.4 is 0 Å². The largest absolute Gasteiger partial charge is 0.478 e. The van der Waals surface area contributed by atoms with Crippen LogP contribution in [0.25, 0.3) is 0 Å². The van der Waals surface area contributed by atoms with E-state index in [1.54, 1.807) is 19.9 Å². The fourth-order valence-corrected chi connectivity index (χ4v) is 9.94. The van der Waals surface area contributed by atoms with Crippen LogP contribution in [0.1, 0.15) is 91.4 Å². The van der Waals surface area contributed by atoms with Gasteiger partial charge >= 0.3 is 23.9 Å². The highest BCUT2D eigenvalue weighted by Crippen LogP contribution is 2.71. The van der Waals surface area contributed by atoms with Gasteiger partial charge in [0.1, 0.15) is 0 Å². The average molecular weight is 815 g/mol. The Labute approximate surface area is 326 Å². The molecule has 4 aliphatic rings. The Balaban J connectivity index is 1.54. The number of hydrogen-bond acceptors (Lipinski definition) is 16. The quantitative estimate of drug-likeness (QED) is 0.0339. The van der Waals surface area contributed by atoms with Crippen LogP contribution in [-0.4, -0.2) is 98.3 Å². The van der Waals surface area contributed by atoms with Crippen LogP contribution in [0.2, 0.25) is 0 Å². The molecule has 56 heavy (non-hydrogen) atoms. The minimum Gasteiger partial charge on any atom is -0.478 e. The van der Waals surface area contributed by atoms with Gasteiger partial charge in [-0.25, -0.2) is 4.79 Å². The number of fused-ring (bicyclic) bond motifs is 5. The minimum absolute atomic E-state index is 0.102. The molecule has 0 aromatic heterocycles. The molecule has 310 valence electrons. The lowest BCUT2D eigenvalue weighted by atomic mass is 9.46. The molecule has 0 aromatic rings. The van der Waals surface area contributed by atoms with Crippen molar-refractivity contribution in [3.63, 3.8) is 0 Å². The van der Waals surface area contributed by atoms with Crippen molar-refractivity contribution in [2.24, 2.45) is 28.6 Å². The number of carboxylic acid groups (broad SMARTS) is 1. The first-order valence-corrected chi connectivity index (χ1v) is 18.8. The summed E-state index contributed by atoms with van der Waals surface area (Å²) < 4.78 is 16.3. The molecule has 2 fully saturated rings. The number of aliphatic hydroxyl groups excluding tert-OH is 1. The first-order chi connectivity index (χ1) is 26.2. The number of ether oxygens (including phenoxy) is 3. The monoisotopic (exact) mass is 814 g/mol. The van der Waals surface area contributed by atoms with Gasteiger partial charge < -0.3 is 34.1 Å². The van der Waals surface area contributed by atoms with E-state index < -0.39 is 111 Å². The van der Waals surface area contributed by atoms with Gasteiger partial charge in [-0.2, -0.15) is 0 Å². The topological polar surface area (TPSA) is 275 Å². The lowest BCUT2D eigenvalue weighted by Gasteiger charge is -2.63. The number of Topliss-reactive ketones (excluding diaryl/α,β-unsaturated/α-hetero) is 1. The molecule has 19 nitrogen and oxygen atoms in total. The van der Waals surface area contributed by atoms with Crippen molar-refractivity contribution < 1.29 is 73.0 Å². The summed E-state index contributed by atoms with van der Waals surface area (Å²) in [5.74, 6) is -7.40. The Morgan fingerprint density at radius 3 is 2.25 bits per heavy atom. The number of ketones is 2. The average Bonchev–Trinajstić information content (AvgIpc) is 3.33. The molecule has 2 N–H and O–H groups in total. The fraction of sp³-hybridized carbons (Fsp3) is 0.722. The first-order valence-electron chi connectivity index (χ1n) is 18.4. The number of allylic oxidation sites excluding steroid dienone is 4. The molecule has 4 rings (SSSR count). The zero-order valence-electron chi connectivity index (χ0n) is 31.3. The molecule has 0 aromatic carbocycles. The predicted octanol–water partition coefficient (Wildman–Crippen LogP) is 3.41. The number of halogens is 1. The van der Waals surface area contributed by atoms with Crippen molar-refractivity contribution in [2.45, 2.75) is 114 Å². The van der Waals surface area contributed by atoms with Crippen LogP contribution in [0.15, 0.2) is 23.8 Å². The van der Waals surface area contributed by atoms with Crippen LogP contribution in [0.4, 0.5) is 0 Å². The van der Waals surface area contributed by atoms with Crippen LogP contribution in [0.3, 0.4) is 0 Å². The van der Waals surface area contributed by atoms with E-state index >= 15 is 0 Å². The van der Waals surface area contributed by atoms with Gasteiger partial charge in [0.05, 0.1) is 30.6 Å². The summed E-state index contributed by atoms with van der Waals surface area (Å²) in [5.41, 5.74) is -3.49. The highest BCUT2D eigenvalue weighted by atomic mass is 35.5. The molecule has 2 saturated carbocycles.